The minimum atomic E-state index is 0.0353. The lowest BCUT2D eigenvalue weighted by Gasteiger charge is -2.31. The van der Waals surface area contributed by atoms with E-state index in [2.05, 4.69) is 35.2 Å². The van der Waals surface area contributed by atoms with Crippen LogP contribution < -0.4 is 5.32 Å². The number of nitrogens with one attached hydrogen (secondary N) is 1. The number of hydrogen-bond donors (Lipinski definition) is 1. The average molecular weight is 263 g/mol. The minimum absolute atomic E-state index is 0.0353. The molecule has 1 saturated heterocycles. The molecule has 1 N–H and O–H groups in total. The van der Waals surface area contributed by atoms with Gasteiger partial charge in [0, 0.05) is 19.0 Å². The van der Waals surface area contributed by atoms with Gasteiger partial charge >= 0.3 is 0 Å². The van der Waals surface area contributed by atoms with Crippen LogP contribution in [0, 0.1) is 0 Å². The summed E-state index contributed by atoms with van der Waals surface area (Å²) in [6.45, 7) is 6.10. The van der Waals surface area contributed by atoms with Crippen LogP contribution >= 0.6 is 0 Å². The van der Waals surface area contributed by atoms with Crippen LogP contribution in [0.1, 0.15) is 20.3 Å². The highest BCUT2D eigenvalue weighted by Crippen LogP contribution is 2.15. The van der Waals surface area contributed by atoms with E-state index in [-0.39, 0.29) is 12.1 Å². The monoisotopic (exact) mass is 263 g/mol. The van der Waals surface area contributed by atoms with Gasteiger partial charge in [-0.15, -0.1) is 0 Å². The van der Waals surface area contributed by atoms with Gasteiger partial charge in [0.1, 0.15) is 6.10 Å². The Balaban J connectivity index is 1.90. The lowest BCUT2D eigenvalue weighted by atomic mass is 10.1. The Morgan fingerprint density at radius 1 is 1.47 bits per heavy atom. The first kappa shape index (κ1) is 14.0. The summed E-state index contributed by atoms with van der Waals surface area (Å²) in [5.41, 5.74) is 1.26. The first-order valence-corrected chi connectivity index (χ1v) is 6.62. The molecule has 0 bridgehead atoms. The number of anilines is 1. The zero-order chi connectivity index (χ0) is 13.5. The van der Waals surface area contributed by atoms with Crippen molar-refractivity contribution in [1.82, 2.24) is 9.97 Å². The fourth-order valence-corrected chi connectivity index (χ4v) is 1.92. The molecule has 0 amide bonds. The van der Waals surface area contributed by atoms with Crippen molar-refractivity contribution in [3.05, 3.63) is 30.1 Å². The molecule has 104 valence electrons. The summed E-state index contributed by atoms with van der Waals surface area (Å²) in [6, 6.07) is 2.00. The van der Waals surface area contributed by atoms with Crippen molar-refractivity contribution in [3.63, 3.8) is 0 Å². The molecule has 1 aromatic rings. The van der Waals surface area contributed by atoms with E-state index in [4.69, 9.17) is 9.47 Å². The maximum Gasteiger partial charge on any atom is 0.222 e. The number of hydrogen-bond acceptors (Lipinski definition) is 5. The molecule has 2 heterocycles. The average Bonchev–Trinajstić information content (AvgIpc) is 2.41. The standard InChI is InChI=1S/C14H21N3O2/c1-11(2)4-9-19-13-10-18-8-5-12(13)17-14-15-6-3-7-16-14/h3-4,6-7,12-13H,5,8-10H2,1-2H3,(H,15,16,17)/t12-,13-/m1/s1. The highest BCUT2D eigenvalue weighted by molar-refractivity contribution is 5.25. The Labute approximate surface area is 114 Å². The zero-order valence-electron chi connectivity index (χ0n) is 11.5. The third kappa shape index (κ3) is 4.61. The molecule has 0 aliphatic carbocycles. The molecule has 5 heteroatoms. The topological polar surface area (TPSA) is 56.3 Å². The van der Waals surface area contributed by atoms with Gasteiger partial charge in [-0.25, -0.2) is 9.97 Å². The van der Waals surface area contributed by atoms with E-state index in [1.165, 1.54) is 5.57 Å². The normalized spacial score (nSPS) is 22.8. The third-order valence-electron chi connectivity index (χ3n) is 2.99. The third-order valence-corrected chi connectivity index (χ3v) is 2.99. The lowest BCUT2D eigenvalue weighted by Crippen LogP contribution is -2.44. The fourth-order valence-electron chi connectivity index (χ4n) is 1.92. The molecule has 0 saturated carbocycles. The summed E-state index contributed by atoms with van der Waals surface area (Å²) in [5, 5.41) is 3.32. The molecule has 0 unspecified atom stereocenters. The van der Waals surface area contributed by atoms with Gasteiger partial charge in [0.2, 0.25) is 5.95 Å². The first-order chi connectivity index (χ1) is 9.25. The predicted molar refractivity (Wildman–Crippen MR) is 74.0 cm³/mol. The van der Waals surface area contributed by atoms with Crippen molar-refractivity contribution >= 4 is 5.95 Å². The van der Waals surface area contributed by atoms with E-state index in [0.29, 0.717) is 19.2 Å². The molecular formula is C14H21N3O2. The van der Waals surface area contributed by atoms with E-state index < -0.39 is 0 Å². The Bertz CT molecular complexity index is 404. The predicted octanol–water partition coefficient (Wildman–Crippen LogP) is 2.03. The van der Waals surface area contributed by atoms with Crippen LogP contribution in [0.25, 0.3) is 0 Å². The summed E-state index contributed by atoms with van der Waals surface area (Å²) in [7, 11) is 0. The van der Waals surface area contributed by atoms with Gasteiger partial charge < -0.3 is 14.8 Å². The Hall–Kier alpha value is -1.46. The summed E-state index contributed by atoms with van der Waals surface area (Å²) < 4.78 is 11.3. The molecule has 0 radical (unpaired) electrons. The van der Waals surface area contributed by atoms with Gasteiger partial charge in [0.25, 0.3) is 0 Å². The van der Waals surface area contributed by atoms with E-state index in [1.807, 2.05) is 0 Å². The lowest BCUT2D eigenvalue weighted by molar-refractivity contribution is -0.0483. The number of rotatable bonds is 5. The van der Waals surface area contributed by atoms with Crippen LogP contribution in [0.3, 0.4) is 0 Å². The number of allylic oxidation sites excluding steroid dienone is 1. The molecule has 2 atom stereocenters. The van der Waals surface area contributed by atoms with Crippen LogP contribution in [0.4, 0.5) is 5.95 Å². The van der Waals surface area contributed by atoms with Gasteiger partial charge in [-0.05, 0) is 26.3 Å². The van der Waals surface area contributed by atoms with Crippen molar-refractivity contribution in [3.8, 4) is 0 Å². The second kappa shape index (κ2) is 7.21. The number of nitrogens with zero attached hydrogens (tertiary/aromatic N) is 2. The highest BCUT2D eigenvalue weighted by atomic mass is 16.5. The molecular weight excluding hydrogens is 242 g/mol. The van der Waals surface area contributed by atoms with Crippen LogP contribution in [0.15, 0.2) is 30.1 Å². The molecule has 1 aliphatic heterocycles. The molecule has 0 aromatic carbocycles. The molecule has 1 aromatic heterocycles. The van der Waals surface area contributed by atoms with Crippen molar-refractivity contribution in [1.29, 1.82) is 0 Å². The van der Waals surface area contributed by atoms with Gasteiger partial charge in [-0.2, -0.15) is 0 Å². The van der Waals surface area contributed by atoms with Crippen LogP contribution in [-0.4, -0.2) is 41.9 Å². The Morgan fingerprint density at radius 3 is 3.00 bits per heavy atom. The Kier molecular flexibility index (Phi) is 5.30. The van der Waals surface area contributed by atoms with Gasteiger partial charge in [-0.3, -0.25) is 0 Å². The summed E-state index contributed by atoms with van der Waals surface area (Å²) in [4.78, 5) is 8.37. The van der Waals surface area contributed by atoms with E-state index >= 15 is 0 Å². The summed E-state index contributed by atoms with van der Waals surface area (Å²) >= 11 is 0. The maximum absolute atomic E-state index is 5.86. The fraction of sp³-hybridized carbons (Fsp3) is 0.571. The van der Waals surface area contributed by atoms with Gasteiger partial charge in [0.15, 0.2) is 0 Å². The Morgan fingerprint density at radius 2 is 2.26 bits per heavy atom. The number of aromatic nitrogens is 2. The summed E-state index contributed by atoms with van der Waals surface area (Å²) in [5.74, 6) is 0.644. The van der Waals surface area contributed by atoms with Gasteiger partial charge in [-0.1, -0.05) is 11.6 Å². The first-order valence-electron chi connectivity index (χ1n) is 6.62. The molecule has 1 aliphatic rings. The maximum atomic E-state index is 5.86. The molecule has 2 rings (SSSR count). The smallest absolute Gasteiger partial charge is 0.222 e. The van der Waals surface area contributed by atoms with E-state index in [0.717, 1.165) is 13.0 Å². The molecule has 1 fully saturated rings. The summed E-state index contributed by atoms with van der Waals surface area (Å²) in [6.07, 6.45) is 6.47. The highest BCUT2D eigenvalue weighted by Gasteiger charge is 2.26. The SMILES string of the molecule is CC(C)=CCO[C@@H]1COCC[C@H]1Nc1ncccn1. The van der Waals surface area contributed by atoms with E-state index in [1.54, 1.807) is 18.5 Å². The minimum Gasteiger partial charge on any atom is -0.379 e. The van der Waals surface area contributed by atoms with Crippen LogP contribution in [-0.2, 0) is 9.47 Å². The van der Waals surface area contributed by atoms with Crippen molar-refractivity contribution in [2.45, 2.75) is 32.4 Å². The van der Waals surface area contributed by atoms with Gasteiger partial charge in [0.05, 0.1) is 19.3 Å². The second-order valence-electron chi connectivity index (χ2n) is 4.84. The quantitative estimate of drug-likeness (QED) is 0.824. The molecule has 0 spiro atoms. The zero-order valence-corrected chi connectivity index (χ0v) is 11.5. The van der Waals surface area contributed by atoms with Crippen molar-refractivity contribution in [2.24, 2.45) is 0 Å². The van der Waals surface area contributed by atoms with Crippen LogP contribution in [0.2, 0.25) is 0 Å². The van der Waals surface area contributed by atoms with Crippen molar-refractivity contribution in [2.75, 3.05) is 25.1 Å². The molecule has 19 heavy (non-hydrogen) atoms. The second-order valence-corrected chi connectivity index (χ2v) is 4.84. The number of ether oxygens (including phenoxy) is 2. The van der Waals surface area contributed by atoms with E-state index in [9.17, 15) is 0 Å². The largest absolute Gasteiger partial charge is 0.379 e. The molecule has 5 nitrogen and oxygen atoms in total. The van der Waals surface area contributed by atoms with Crippen LogP contribution in [0.5, 0.6) is 0 Å². The van der Waals surface area contributed by atoms with Crippen molar-refractivity contribution < 1.29 is 9.47 Å².